The number of ether oxygens (including phenoxy) is 2. The van der Waals surface area contributed by atoms with Crippen LogP contribution in [0, 0.1) is 5.92 Å². The van der Waals surface area contributed by atoms with Crippen molar-refractivity contribution >= 4 is 16.6 Å². The normalized spacial score (nSPS) is 12.2. The lowest BCUT2D eigenvalue weighted by Crippen LogP contribution is -2.25. The van der Waals surface area contributed by atoms with Gasteiger partial charge in [0.15, 0.2) is 5.75 Å². The van der Waals surface area contributed by atoms with E-state index in [9.17, 15) is 4.79 Å². The maximum atomic E-state index is 13.6. The SMILES string of the molecule is CCCCCCCCn1c(=O)c(OCC(C)CCC)c(OCCCC)c2ccc(N)cc21. The van der Waals surface area contributed by atoms with Crippen molar-refractivity contribution in [2.24, 2.45) is 5.92 Å². The van der Waals surface area contributed by atoms with Crippen LogP contribution in [0.2, 0.25) is 0 Å². The van der Waals surface area contributed by atoms with E-state index < -0.39 is 0 Å². The first-order valence-electron chi connectivity index (χ1n) is 12.7. The van der Waals surface area contributed by atoms with Gasteiger partial charge >= 0.3 is 0 Å². The van der Waals surface area contributed by atoms with Gasteiger partial charge in [-0.3, -0.25) is 4.79 Å². The Morgan fingerprint density at radius 2 is 1.62 bits per heavy atom. The summed E-state index contributed by atoms with van der Waals surface area (Å²) in [4.78, 5) is 13.6. The van der Waals surface area contributed by atoms with E-state index in [1.807, 2.05) is 22.8 Å². The molecule has 0 amide bonds. The van der Waals surface area contributed by atoms with E-state index in [4.69, 9.17) is 15.2 Å². The number of nitrogens with zero attached hydrogens (tertiary/aromatic N) is 1. The van der Waals surface area contributed by atoms with E-state index >= 15 is 0 Å². The van der Waals surface area contributed by atoms with Crippen molar-refractivity contribution in [2.45, 2.75) is 98.4 Å². The topological polar surface area (TPSA) is 66.5 Å². The second-order valence-electron chi connectivity index (χ2n) is 9.07. The fourth-order valence-corrected chi connectivity index (χ4v) is 4.08. The minimum Gasteiger partial charge on any atom is -0.489 e. The van der Waals surface area contributed by atoms with Crippen LogP contribution < -0.4 is 20.8 Å². The molecule has 32 heavy (non-hydrogen) atoms. The maximum absolute atomic E-state index is 13.6. The summed E-state index contributed by atoms with van der Waals surface area (Å²) in [6, 6.07) is 5.73. The Balaban J connectivity index is 2.41. The van der Waals surface area contributed by atoms with Crippen LogP contribution in [0.15, 0.2) is 23.0 Å². The number of unbranched alkanes of at least 4 members (excludes halogenated alkanes) is 6. The highest BCUT2D eigenvalue weighted by Crippen LogP contribution is 2.34. The average molecular weight is 445 g/mol. The second-order valence-corrected chi connectivity index (χ2v) is 9.07. The molecule has 1 heterocycles. The molecule has 0 aliphatic carbocycles. The fourth-order valence-electron chi connectivity index (χ4n) is 4.08. The number of anilines is 1. The molecule has 180 valence electrons. The monoisotopic (exact) mass is 444 g/mol. The molecule has 0 bridgehead atoms. The molecule has 2 N–H and O–H groups in total. The Hall–Kier alpha value is -2.17. The highest BCUT2D eigenvalue weighted by Gasteiger charge is 2.20. The van der Waals surface area contributed by atoms with Gasteiger partial charge in [-0.05, 0) is 43.4 Å². The number of hydrogen-bond donors (Lipinski definition) is 1. The Morgan fingerprint density at radius 1 is 0.906 bits per heavy atom. The number of benzene rings is 1. The number of aryl methyl sites for hydroxylation is 1. The third-order valence-electron chi connectivity index (χ3n) is 5.98. The summed E-state index contributed by atoms with van der Waals surface area (Å²) >= 11 is 0. The lowest BCUT2D eigenvalue weighted by molar-refractivity contribution is 0.226. The van der Waals surface area contributed by atoms with Crippen molar-refractivity contribution in [3.8, 4) is 11.5 Å². The second kappa shape index (κ2) is 14.1. The zero-order chi connectivity index (χ0) is 23.3. The predicted molar refractivity (Wildman–Crippen MR) is 136 cm³/mol. The standard InChI is InChI=1S/C27H44N2O3/c1-5-8-10-11-12-13-17-29-24-19-22(28)15-16-23(24)25(31-18-9-6-2)26(27(29)30)32-20-21(4)14-7-3/h15-16,19,21H,5-14,17-18,20,28H2,1-4H3. The average Bonchev–Trinajstić information content (AvgIpc) is 2.77. The third-order valence-corrected chi connectivity index (χ3v) is 5.98. The minimum absolute atomic E-state index is 0.105. The van der Waals surface area contributed by atoms with Crippen molar-refractivity contribution in [2.75, 3.05) is 18.9 Å². The summed E-state index contributed by atoms with van der Waals surface area (Å²) in [5.41, 5.74) is 7.49. The van der Waals surface area contributed by atoms with Gasteiger partial charge in [-0.15, -0.1) is 0 Å². The molecule has 0 radical (unpaired) electrons. The summed E-state index contributed by atoms with van der Waals surface area (Å²) in [5.74, 6) is 1.31. The van der Waals surface area contributed by atoms with Crippen LogP contribution in [0.4, 0.5) is 5.69 Å². The molecule has 2 aromatic rings. The molecule has 0 fully saturated rings. The number of hydrogen-bond acceptors (Lipinski definition) is 4. The number of nitrogen functional groups attached to an aromatic ring is 1. The number of pyridine rings is 1. The van der Waals surface area contributed by atoms with Gasteiger partial charge in [0, 0.05) is 17.6 Å². The summed E-state index contributed by atoms with van der Waals surface area (Å²) in [6.07, 6.45) is 11.2. The molecule has 0 aliphatic heterocycles. The largest absolute Gasteiger partial charge is 0.489 e. The van der Waals surface area contributed by atoms with E-state index in [1.54, 1.807) is 0 Å². The first-order chi connectivity index (χ1) is 15.5. The van der Waals surface area contributed by atoms with E-state index in [0.717, 1.165) is 49.4 Å². The van der Waals surface area contributed by atoms with Gasteiger partial charge in [0.25, 0.3) is 5.56 Å². The van der Waals surface area contributed by atoms with E-state index in [0.29, 0.717) is 42.9 Å². The minimum atomic E-state index is -0.105. The van der Waals surface area contributed by atoms with Gasteiger partial charge in [-0.1, -0.05) is 72.6 Å². The molecular weight excluding hydrogens is 400 g/mol. The van der Waals surface area contributed by atoms with Crippen LogP contribution >= 0.6 is 0 Å². The summed E-state index contributed by atoms with van der Waals surface area (Å²) in [5, 5.41) is 0.902. The number of nitrogens with two attached hydrogens (primary N) is 1. The van der Waals surface area contributed by atoms with Gasteiger partial charge in [0.2, 0.25) is 5.75 Å². The summed E-state index contributed by atoms with van der Waals surface area (Å²) in [7, 11) is 0. The molecule has 1 aromatic heterocycles. The zero-order valence-electron chi connectivity index (χ0n) is 20.8. The molecule has 5 nitrogen and oxygen atoms in total. The van der Waals surface area contributed by atoms with Crippen LogP contribution in [-0.4, -0.2) is 17.8 Å². The Kier molecular flexibility index (Phi) is 11.5. The predicted octanol–water partition coefficient (Wildman–Crippen LogP) is 6.94. The van der Waals surface area contributed by atoms with Crippen molar-refractivity contribution in [3.05, 3.63) is 28.6 Å². The molecule has 1 aromatic carbocycles. The zero-order valence-corrected chi connectivity index (χ0v) is 20.8. The molecule has 0 aliphatic rings. The highest BCUT2D eigenvalue weighted by molar-refractivity contribution is 5.90. The third kappa shape index (κ3) is 7.46. The molecule has 5 heteroatoms. The molecule has 2 rings (SSSR count). The van der Waals surface area contributed by atoms with Crippen LogP contribution in [0.1, 0.15) is 91.9 Å². The Labute approximate surface area is 194 Å². The van der Waals surface area contributed by atoms with Crippen LogP contribution in [0.5, 0.6) is 11.5 Å². The van der Waals surface area contributed by atoms with E-state index in [2.05, 4.69) is 27.7 Å². The van der Waals surface area contributed by atoms with Crippen LogP contribution in [0.3, 0.4) is 0 Å². The molecule has 0 saturated heterocycles. The number of aromatic nitrogens is 1. The van der Waals surface area contributed by atoms with Crippen molar-refractivity contribution in [1.82, 2.24) is 4.57 Å². The van der Waals surface area contributed by atoms with Gasteiger partial charge in [0.1, 0.15) is 0 Å². The molecule has 1 unspecified atom stereocenters. The smallest absolute Gasteiger partial charge is 0.297 e. The quantitative estimate of drug-likeness (QED) is 0.225. The first-order valence-corrected chi connectivity index (χ1v) is 12.7. The van der Waals surface area contributed by atoms with Crippen molar-refractivity contribution in [1.29, 1.82) is 0 Å². The van der Waals surface area contributed by atoms with E-state index in [1.165, 1.54) is 25.7 Å². The van der Waals surface area contributed by atoms with Gasteiger partial charge < -0.3 is 19.8 Å². The van der Waals surface area contributed by atoms with Crippen LogP contribution in [-0.2, 0) is 6.54 Å². The maximum Gasteiger partial charge on any atom is 0.297 e. The van der Waals surface area contributed by atoms with Gasteiger partial charge in [0.05, 0.1) is 18.7 Å². The van der Waals surface area contributed by atoms with E-state index in [-0.39, 0.29) is 5.56 Å². The Morgan fingerprint density at radius 3 is 2.34 bits per heavy atom. The first kappa shape index (κ1) is 26.1. The van der Waals surface area contributed by atoms with Gasteiger partial charge in [-0.2, -0.15) is 0 Å². The number of fused-ring (bicyclic) bond motifs is 1. The van der Waals surface area contributed by atoms with Crippen molar-refractivity contribution < 1.29 is 9.47 Å². The highest BCUT2D eigenvalue weighted by atomic mass is 16.5. The van der Waals surface area contributed by atoms with Crippen molar-refractivity contribution in [3.63, 3.8) is 0 Å². The summed E-state index contributed by atoms with van der Waals surface area (Å²) < 4.78 is 14.2. The Bertz CT molecular complexity index is 875. The molecule has 1 atom stereocenters. The lowest BCUT2D eigenvalue weighted by atomic mass is 10.1. The summed E-state index contributed by atoms with van der Waals surface area (Å²) in [6.45, 7) is 10.4. The lowest BCUT2D eigenvalue weighted by Gasteiger charge is -2.20. The fraction of sp³-hybridized carbons (Fsp3) is 0.667. The van der Waals surface area contributed by atoms with Gasteiger partial charge in [-0.25, -0.2) is 0 Å². The van der Waals surface area contributed by atoms with Crippen LogP contribution in [0.25, 0.3) is 10.9 Å². The number of rotatable bonds is 16. The molecule has 0 saturated carbocycles. The molecular formula is C27H44N2O3. The molecule has 0 spiro atoms.